The number of carboxylic acid groups (broad SMARTS) is 1. The lowest BCUT2D eigenvalue weighted by Gasteiger charge is -2.23. The fourth-order valence-corrected chi connectivity index (χ4v) is 4.30. The second kappa shape index (κ2) is 11.2. The van der Waals surface area contributed by atoms with E-state index in [0.717, 1.165) is 16.8 Å². The predicted molar refractivity (Wildman–Crippen MR) is 139 cm³/mol. The van der Waals surface area contributed by atoms with Gasteiger partial charge in [-0.2, -0.15) is 5.26 Å². The van der Waals surface area contributed by atoms with Gasteiger partial charge in [-0.05, 0) is 61.0 Å². The van der Waals surface area contributed by atoms with Crippen molar-refractivity contribution in [2.45, 2.75) is 19.8 Å². The second-order valence-electron chi connectivity index (χ2n) is 8.45. The fourth-order valence-electron chi connectivity index (χ4n) is 4.30. The summed E-state index contributed by atoms with van der Waals surface area (Å²) in [6, 6.07) is 26.3. The van der Waals surface area contributed by atoms with Crippen LogP contribution in [0.3, 0.4) is 0 Å². The van der Waals surface area contributed by atoms with Crippen LogP contribution in [0.4, 0.5) is 5.69 Å². The highest BCUT2D eigenvalue weighted by Gasteiger charge is 2.17. The van der Waals surface area contributed by atoms with Gasteiger partial charge in [0.2, 0.25) is 0 Å². The highest BCUT2D eigenvalue weighted by atomic mass is 16.5. The summed E-state index contributed by atoms with van der Waals surface area (Å²) in [5, 5.41) is 18.9. The molecule has 1 heterocycles. The molecule has 0 bridgehead atoms. The first-order chi connectivity index (χ1) is 17.5. The average Bonchev–Trinajstić information content (AvgIpc) is 3.23. The van der Waals surface area contributed by atoms with E-state index in [-0.39, 0.29) is 12.3 Å². The van der Waals surface area contributed by atoms with Crippen LogP contribution in [0.25, 0.3) is 10.9 Å². The zero-order chi connectivity index (χ0) is 25.5. The quantitative estimate of drug-likeness (QED) is 0.340. The maximum absolute atomic E-state index is 13.3. The van der Waals surface area contributed by atoms with Crippen molar-refractivity contribution in [3.8, 4) is 11.8 Å². The zero-order valence-electron chi connectivity index (χ0n) is 20.1. The first kappa shape index (κ1) is 24.6. The smallest absolute Gasteiger partial charge is 0.307 e. The lowest BCUT2D eigenvalue weighted by atomic mass is 10.1. The van der Waals surface area contributed by atoms with Gasteiger partial charge in [0.05, 0.1) is 31.0 Å². The van der Waals surface area contributed by atoms with Gasteiger partial charge >= 0.3 is 5.97 Å². The van der Waals surface area contributed by atoms with Crippen molar-refractivity contribution in [1.82, 2.24) is 4.57 Å². The number of nitriles is 1. The number of aromatic nitrogens is 1. The number of ether oxygens (including phenoxy) is 1. The molecule has 1 N–H and O–H groups in total. The van der Waals surface area contributed by atoms with Gasteiger partial charge in [0, 0.05) is 28.9 Å². The third-order valence-electron chi connectivity index (χ3n) is 6.01. The van der Waals surface area contributed by atoms with Crippen LogP contribution in [0.15, 0.2) is 78.9 Å². The van der Waals surface area contributed by atoms with Crippen LogP contribution in [-0.2, 0) is 11.2 Å². The Kier molecular flexibility index (Phi) is 7.66. The molecule has 0 atom stereocenters. The SMILES string of the molecule is Cc1cc2c(CC(=O)O)cccc2n1C(=O)c1ccc(OCCN(CCC#N)c2ccccc2)cc1. The van der Waals surface area contributed by atoms with Gasteiger partial charge in [-0.25, -0.2) is 0 Å². The maximum Gasteiger partial charge on any atom is 0.307 e. The Balaban J connectivity index is 1.45. The average molecular weight is 482 g/mol. The van der Waals surface area contributed by atoms with E-state index < -0.39 is 5.97 Å². The highest BCUT2D eigenvalue weighted by Crippen LogP contribution is 2.25. The molecule has 0 saturated carbocycles. The number of rotatable bonds is 10. The van der Waals surface area contributed by atoms with Crippen LogP contribution >= 0.6 is 0 Å². The first-order valence-electron chi connectivity index (χ1n) is 11.7. The maximum atomic E-state index is 13.3. The first-order valence-corrected chi connectivity index (χ1v) is 11.7. The molecular formula is C29H27N3O4. The van der Waals surface area contributed by atoms with Crippen LogP contribution in [0.1, 0.15) is 28.0 Å². The summed E-state index contributed by atoms with van der Waals surface area (Å²) in [4.78, 5) is 26.7. The minimum atomic E-state index is -0.910. The van der Waals surface area contributed by atoms with E-state index in [1.807, 2.05) is 49.4 Å². The van der Waals surface area contributed by atoms with E-state index in [4.69, 9.17) is 10.00 Å². The number of carboxylic acids is 1. The summed E-state index contributed by atoms with van der Waals surface area (Å²) in [7, 11) is 0. The van der Waals surface area contributed by atoms with E-state index >= 15 is 0 Å². The molecule has 4 aromatic rings. The molecule has 3 aromatic carbocycles. The van der Waals surface area contributed by atoms with Gasteiger partial charge in [0.1, 0.15) is 12.4 Å². The molecule has 182 valence electrons. The fraction of sp³-hybridized carbons (Fsp3) is 0.207. The van der Waals surface area contributed by atoms with Crippen molar-refractivity contribution < 1.29 is 19.4 Å². The second-order valence-corrected chi connectivity index (χ2v) is 8.45. The number of nitrogens with zero attached hydrogens (tertiary/aromatic N) is 3. The number of anilines is 1. The summed E-state index contributed by atoms with van der Waals surface area (Å²) in [6.07, 6.45) is 0.330. The van der Waals surface area contributed by atoms with Gasteiger partial charge < -0.3 is 14.7 Å². The minimum Gasteiger partial charge on any atom is -0.492 e. The molecule has 1 aromatic heterocycles. The third-order valence-corrected chi connectivity index (χ3v) is 6.01. The summed E-state index contributed by atoms with van der Waals surface area (Å²) in [6.45, 7) is 3.52. The largest absolute Gasteiger partial charge is 0.492 e. The molecule has 4 rings (SSSR count). The molecule has 0 aliphatic carbocycles. The van der Waals surface area contributed by atoms with Crippen LogP contribution in [-0.4, -0.2) is 41.2 Å². The molecule has 0 aliphatic rings. The summed E-state index contributed by atoms with van der Waals surface area (Å²) < 4.78 is 7.53. The van der Waals surface area contributed by atoms with Crippen molar-refractivity contribution in [3.63, 3.8) is 0 Å². The lowest BCUT2D eigenvalue weighted by Crippen LogP contribution is -2.29. The molecule has 0 saturated heterocycles. The molecule has 7 heteroatoms. The van der Waals surface area contributed by atoms with Crippen molar-refractivity contribution in [1.29, 1.82) is 5.26 Å². The molecule has 0 unspecified atom stereocenters. The minimum absolute atomic E-state index is 0.0980. The molecule has 36 heavy (non-hydrogen) atoms. The number of carbonyl (C=O) groups is 2. The van der Waals surface area contributed by atoms with Crippen molar-refractivity contribution >= 4 is 28.5 Å². The standard InChI is InChI=1S/C29H27N3O4/c1-21-19-26-23(20-28(33)34)7-5-10-27(26)32(21)29(35)22-11-13-25(14-12-22)36-18-17-31(16-6-15-30)24-8-3-2-4-9-24/h2-5,7-14,19H,6,16-18,20H2,1H3,(H,33,34). The predicted octanol–water partition coefficient (Wildman–Crippen LogP) is 5.06. The van der Waals surface area contributed by atoms with Crippen molar-refractivity contribution in [3.05, 3.63) is 95.7 Å². The number of fused-ring (bicyclic) bond motifs is 1. The van der Waals surface area contributed by atoms with E-state index in [0.29, 0.717) is 48.5 Å². The molecule has 0 amide bonds. The molecule has 0 aliphatic heterocycles. The summed E-state index contributed by atoms with van der Waals surface area (Å²) in [5.41, 5.74) is 3.66. The zero-order valence-corrected chi connectivity index (χ0v) is 20.1. The van der Waals surface area contributed by atoms with E-state index in [2.05, 4.69) is 11.0 Å². The van der Waals surface area contributed by atoms with Crippen LogP contribution in [0.2, 0.25) is 0 Å². The Labute approximate surface area is 209 Å². The number of hydrogen-bond donors (Lipinski definition) is 1. The van der Waals surface area contributed by atoms with Crippen LogP contribution < -0.4 is 9.64 Å². The topological polar surface area (TPSA) is 95.6 Å². The number of aryl methyl sites for hydroxylation is 1. The van der Waals surface area contributed by atoms with E-state index in [9.17, 15) is 14.7 Å². The van der Waals surface area contributed by atoms with Crippen molar-refractivity contribution in [2.24, 2.45) is 0 Å². The van der Waals surface area contributed by atoms with Gasteiger partial charge in [0.15, 0.2) is 0 Å². The summed E-state index contributed by atoms with van der Waals surface area (Å²) in [5.74, 6) is -0.447. The number of benzene rings is 3. The molecule has 0 spiro atoms. The molecule has 7 nitrogen and oxygen atoms in total. The Morgan fingerprint density at radius 1 is 1.00 bits per heavy atom. The molecule has 0 fully saturated rings. The normalized spacial score (nSPS) is 10.7. The lowest BCUT2D eigenvalue weighted by molar-refractivity contribution is -0.136. The Hall–Kier alpha value is -4.57. The monoisotopic (exact) mass is 481 g/mol. The van der Waals surface area contributed by atoms with Crippen molar-refractivity contribution in [2.75, 3.05) is 24.6 Å². The highest BCUT2D eigenvalue weighted by molar-refractivity contribution is 6.04. The Morgan fingerprint density at radius 3 is 2.44 bits per heavy atom. The van der Waals surface area contributed by atoms with Crippen LogP contribution in [0, 0.1) is 18.3 Å². The summed E-state index contributed by atoms with van der Waals surface area (Å²) >= 11 is 0. The van der Waals surface area contributed by atoms with E-state index in [1.54, 1.807) is 41.0 Å². The van der Waals surface area contributed by atoms with E-state index in [1.165, 1.54) is 0 Å². The Bertz CT molecular complexity index is 1400. The molecule has 0 radical (unpaired) electrons. The van der Waals surface area contributed by atoms with Gasteiger partial charge in [-0.15, -0.1) is 0 Å². The van der Waals surface area contributed by atoms with Gasteiger partial charge in [-0.1, -0.05) is 30.3 Å². The van der Waals surface area contributed by atoms with Gasteiger partial charge in [0.25, 0.3) is 5.91 Å². The molecular weight excluding hydrogens is 454 g/mol. The van der Waals surface area contributed by atoms with Gasteiger partial charge in [-0.3, -0.25) is 14.2 Å². The number of hydrogen-bond acceptors (Lipinski definition) is 5. The Morgan fingerprint density at radius 2 is 1.75 bits per heavy atom. The third kappa shape index (κ3) is 5.56. The number of carbonyl (C=O) groups excluding carboxylic acids is 1. The number of para-hydroxylation sites is 1. The van der Waals surface area contributed by atoms with Crippen LogP contribution in [0.5, 0.6) is 5.75 Å². The number of aliphatic carboxylic acids is 1.